The first kappa shape index (κ1) is 14.1. The first-order valence-electron chi connectivity index (χ1n) is 5.58. The number of nitrogen functional groups attached to an aromatic ring is 1. The lowest BCUT2D eigenvalue weighted by Gasteiger charge is -2.15. The molecule has 2 aromatic rings. The van der Waals surface area contributed by atoms with Crippen LogP contribution in [0.3, 0.4) is 0 Å². The molecule has 0 saturated carbocycles. The van der Waals surface area contributed by atoms with Crippen LogP contribution in [0.15, 0.2) is 30.5 Å². The van der Waals surface area contributed by atoms with Crippen LogP contribution in [0.5, 0.6) is 0 Å². The number of pyridine rings is 1. The normalized spacial score (nSPS) is 12.4. The number of nitrogens with zero attached hydrogens (tertiary/aromatic N) is 1. The molecule has 1 aromatic carbocycles. The Morgan fingerprint density at radius 1 is 1.32 bits per heavy atom. The molecule has 0 aliphatic rings. The van der Waals surface area contributed by atoms with Gasteiger partial charge in [0.25, 0.3) is 0 Å². The van der Waals surface area contributed by atoms with Crippen molar-refractivity contribution in [1.29, 1.82) is 0 Å². The van der Waals surface area contributed by atoms with Gasteiger partial charge >= 0.3 is 0 Å². The van der Waals surface area contributed by atoms with Crippen molar-refractivity contribution in [3.63, 3.8) is 0 Å². The Balaban J connectivity index is 2.31. The maximum absolute atomic E-state index is 13.7. The number of nitrogens with two attached hydrogens (primary N) is 2. The van der Waals surface area contributed by atoms with Gasteiger partial charge in [0, 0.05) is 28.4 Å². The number of halogens is 3. The summed E-state index contributed by atoms with van der Waals surface area (Å²) < 4.78 is 13.7. The lowest BCUT2D eigenvalue weighted by Crippen LogP contribution is -2.17. The van der Waals surface area contributed by atoms with Crippen LogP contribution in [0, 0.1) is 5.82 Å². The van der Waals surface area contributed by atoms with Gasteiger partial charge in [-0.3, -0.25) is 0 Å². The Labute approximate surface area is 120 Å². The second kappa shape index (κ2) is 5.74. The minimum Gasteiger partial charge on any atom is -0.383 e. The van der Waals surface area contributed by atoms with Crippen LogP contribution in [0.2, 0.25) is 10.0 Å². The minimum absolute atomic E-state index is 0.220. The van der Waals surface area contributed by atoms with Crippen molar-refractivity contribution in [1.82, 2.24) is 4.98 Å². The maximum atomic E-state index is 13.7. The fourth-order valence-corrected chi connectivity index (χ4v) is 2.23. The van der Waals surface area contributed by atoms with Crippen LogP contribution in [0.25, 0.3) is 0 Å². The van der Waals surface area contributed by atoms with Crippen LogP contribution in [-0.4, -0.2) is 4.98 Å². The molecule has 2 rings (SSSR count). The molecule has 4 N–H and O–H groups in total. The number of hydrogen-bond donors (Lipinski definition) is 2. The molecular weight excluding hydrogens is 288 g/mol. The van der Waals surface area contributed by atoms with Crippen LogP contribution < -0.4 is 11.5 Å². The van der Waals surface area contributed by atoms with Crippen molar-refractivity contribution in [3.05, 3.63) is 57.5 Å². The van der Waals surface area contributed by atoms with Gasteiger partial charge in [-0.15, -0.1) is 0 Å². The molecule has 0 saturated heterocycles. The number of benzene rings is 1. The van der Waals surface area contributed by atoms with E-state index in [1.165, 1.54) is 12.3 Å². The smallest absolute Gasteiger partial charge is 0.128 e. The lowest BCUT2D eigenvalue weighted by atomic mass is 10.00. The molecule has 1 heterocycles. The number of aromatic nitrogens is 1. The SMILES string of the molecule is Nc1ncc(Cl)cc1C(N)Cc1c(F)cccc1Cl. The van der Waals surface area contributed by atoms with Crippen LogP contribution in [-0.2, 0) is 6.42 Å². The first-order chi connectivity index (χ1) is 8.99. The Morgan fingerprint density at radius 2 is 2.05 bits per heavy atom. The predicted molar refractivity (Wildman–Crippen MR) is 75.7 cm³/mol. The van der Waals surface area contributed by atoms with Crippen molar-refractivity contribution in [2.24, 2.45) is 5.73 Å². The van der Waals surface area contributed by atoms with Crippen molar-refractivity contribution < 1.29 is 4.39 Å². The van der Waals surface area contributed by atoms with Gasteiger partial charge in [-0.05, 0) is 24.6 Å². The van der Waals surface area contributed by atoms with Gasteiger partial charge in [0.05, 0.1) is 5.02 Å². The van der Waals surface area contributed by atoms with Gasteiger partial charge in [-0.2, -0.15) is 0 Å². The molecule has 1 aromatic heterocycles. The third-order valence-corrected chi connectivity index (χ3v) is 3.36. The van der Waals surface area contributed by atoms with E-state index in [1.54, 1.807) is 18.2 Å². The third kappa shape index (κ3) is 3.15. The molecule has 0 bridgehead atoms. The summed E-state index contributed by atoms with van der Waals surface area (Å²) in [7, 11) is 0. The summed E-state index contributed by atoms with van der Waals surface area (Å²) in [6, 6.07) is 5.60. The Kier molecular flexibility index (Phi) is 4.24. The van der Waals surface area contributed by atoms with Gasteiger partial charge < -0.3 is 11.5 Å². The molecule has 0 fully saturated rings. The monoisotopic (exact) mass is 299 g/mol. The third-order valence-electron chi connectivity index (χ3n) is 2.80. The predicted octanol–water partition coefficient (Wildman–Crippen LogP) is 3.35. The molecule has 1 atom stereocenters. The van der Waals surface area contributed by atoms with Gasteiger partial charge in [0.2, 0.25) is 0 Å². The van der Waals surface area contributed by atoms with Crippen molar-refractivity contribution in [2.75, 3.05) is 5.73 Å². The average Bonchev–Trinajstić information content (AvgIpc) is 2.37. The number of rotatable bonds is 3. The summed E-state index contributed by atoms with van der Waals surface area (Å²) in [6.07, 6.45) is 1.65. The summed E-state index contributed by atoms with van der Waals surface area (Å²) >= 11 is 11.8. The molecule has 0 aliphatic carbocycles. The van der Waals surface area contributed by atoms with Crippen molar-refractivity contribution in [3.8, 4) is 0 Å². The zero-order valence-corrected chi connectivity index (χ0v) is 11.4. The highest BCUT2D eigenvalue weighted by Crippen LogP contribution is 2.27. The number of anilines is 1. The fourth-order valence-electron chi connectivity index (χ4n) is 1.82. The molecule has 1 unspecified atom stereocenters. The molecule has 0 amide bonds. The fraction of sp³-hybridized carbons (Fsp3) is 0.154. The molecule has 100 valence electrons. The molecular formula is C13H12Cl2FN3. The van der Waals surface area contributed by atoms with Crippen LogP contribution in [0.4, 0.5) is 10.2 Å². The zero-order valence-electron chi connectivity index (χ0n) is 9.91. The minimum atomic E-state index is -0.527. The van der Waals surface area contributed by atoms with E-state index in [0.717, 1.165) is 0 Å². The zero-order chi connectivity index (χ0) is 14.0. The highest BCUT2D eigenvalue weighted by Gasteiger charge is 2.16. The van der Waals surface area contributed by atoms with Gasteiger partial charge in [0.1, 0.15) is 11.6 Å². The van der Waals surface area contributed by atoms with Gasteiger partial charge in [-0.25, -0.2) is 9.37 Å². The average molecular weight is 300 g/mol. The summed E-state index contributed by atoms with van der Waals surface area (Å²) in [5.74, 6) is -0.110. The summed E-state index contributed by atoms with van der Waals surface area (Å²) in [6.45, 7) is 0. The molecule has 0 aliphatic heterocycles. The van der Waals surface area contributed by atoms with E-state index in [4.69, 9.17) is 34.7 Å². The number of hydrogen-bond acceptors (Lipinski definition) is 3. The van der Waals surface area contributed by atoms with Crippen LogP contribution in [0.1, 0.15) is 17.2 Å². The Bertz CT molecular complexity index is 584. The lowest BCUT2D eigenvalue weighted by molar-refractivity contribution is 0.593. The largest absolute Gasteiger partial charge is 0.383 e. The Hall–Kier alpha value is -1.36. The quantitative estimate of drug-likeness (QED) is 0.913. The highest BCUT2D eigenvalue weighted by molar-refractivity contribution is 6.31. The van der Waals surface area contributed by atoms with E-state index < -0.39 is 11.9 Å². The maximum Gasteiger partial charge on any atom is 0.128 e. The van der Waals surface area contributed by atoms with E-state index in [1.807, 2.05) is 0 Å². The van der Waals surface area contributed by atoms with Gasteiger partial charge in [0.15, 0.2) is 0 Å². The van der Waals surface area contributed by atoms with E-state index in [9.17, 15) is 4.39 Å². The highest BCUT2D eigenvalue weighted by atomic mass is 35.5. The Morgan fingerprint density at radius 3 is 2.74 bits per heavy atom. The molecule has 0 spiro atoms. The van der Waals surface area contributed by atoms with Crippen molar-refractivity contribution in [2.45, 2.75) is 12.5 Å². The van der Waals surface area contributed by atoms with E-state index in [0.29, 0.717) is 21.2 Å². The standard InChI is InChI=1S/C13H12Cl2FN3/c14-7-4-9(13(18)19-6-7)12(17)5-8-10(15)2-1-3-11(8)16/h1-4,6,12H,5,17H2,(H2,18,19). The topological polar surface area (TPSA) is 64.9 Å². The van der Waals surface area contributed by atoms with Crippen LogP contribution >= 0.6 is 23.2 Å². The second-order valence-corrected chi connectivity index (χ2v) is 4.98. The summed E-state index contributed by atoms with van der Waals surface area (Å²) in [4.78, 5) is 3.93. The van der Waals surface area contributed by atoms with Crippen molar-refractivity contribution >= 4 is 29.0 Å². The molecule has 0 radical (unpaired) electrons. The second-order valence-electron chi connectivity index (χ2n) is 4.14. The van der Waals surface area contributed by atoms with E-state index >= 15 is 0 Å². The molecule has 6 heteroatoms. The van der Waals surface area contributed by atoms with E-state index in [2.05, 4.69) is 4.98 Å². The summed E-state index contributed by atoms with van der Waals surface area (Å²) in [5, 5.41) is 0.767. The molecule has 3 nitrogen and oxygen atoms in total. The molecule has 19 heavy (non-hydrogen) atoms. The van der Waals surface area contributed by atoms with E-state index in [-0.39, 0.29) is 12.2 Å². The first-order valence-corrected chi connectivity index (χ1v) is 6.34. The van der Waals surface area contributed by atoms with Gasteiger partial charge in [-0.1, -0.05) is 29.3 Å². The summed E-state index contributed by atoms with van der Waals surface area (Å²) in [5.41, 5.74) is 12.7.